The third-order valence-electron chi connectivity index (χ3n) is 5.23. The van der Waals surface area contributed by atoms with Crippen LogP contribution in [-0.2, 0) is 0 Å². The zero-order chi connectivity index (χ0) is 19.1. The van der Waals surface area contributed by atoms with Crippen LogP contribution in [0.1, 0.15) is 29.6 Å². The van der Waals surface area contributed by atoms with Crippen molar-refractivity contribution < 1.29 is 9.90 Å². The Morgan fingerprint density at radius 3 is 2.39 bits per heavy atom. The van der Waals surface area contributed by atoms with Crippen molar-refractivity contribution in [3.63, 3.8) is 0 Å². The Labute approximate surface area is 162 Å². The number of aromatic hydroxyl groups is 1. The minimum absolute atomic E-state index is 0.224. The van der Waals surface area contributed by atoms with Crippen LogP contribution in [0.2, 0.25) is 0 Å². The van der Waals surface area contributed by atoms with Crippen molar-refractivity contribution in [1.82, 2.24) is 14.4 Å². The molecule has 0 saturated heterocycles. The summed E-state index contributed by atoms with van der Waals surface area (Å²) in [6.45, 7) is 0. The zero-order valence-corrected chi connectivity index (χ0v) is 15.2. The Morgan fingerprint density at radius 2 is 1.68 bits per heavy atom. The molecule has 1 aliphatic carbocycles. The number of benzene rings is 2. The van der Waals surface area contributed by atoms with Crippen LogP contribution in [0, 0.1) is 5.92 Å². The fraction of sp³-hybridized carbons (Fsp3) is 0.174. The zero-order valence-electron chi connectivity index (χ0n) is 15.2. The van der Waals surface area contributed by atoms with Gasteiger partial charge in [-0.2, -0.15) is 0 Å². The van der Waals surface area contributed by atoms with Gasteiger partial charge in [0, 0.05) is 29.3 Å². The van der Waals surface area contributed by atoms with Gasteiger partial charge in [0.2, 0.25) is 0 Å². The van der Waals surface area contributed by atoms with Crippen molar-refractivity contribution in [2.24, 2.45) is 5.92 Å². The first kappa shape index (κ1) is 16.7. The number of imidazole rings is 1. The third-order valence-corrected chi connectivity index (χ3v) is 5.23. The molecule has 1 aliphatic rings. The maximum Gasteiger partial charge on any atom is 0.163 e. The summed E-state index contributed by atoms with van der Waals surface area (Å²) in [5, 5.41) is 9.52. The molecule has 0 bridgehead atoms. The van der Waals surface area contributed by atoms with Crippen LogP contribution >= 0.6 is 0 Å². The van der Waals surface area contributed by atoms with E-state index in [1.807, 2.05) is 47.0 Å². The molecule has 5 heteroatoms. The molecule has 0 aliphatic heterocycles. The van der Waals surface area contributed by atoms with E-state index in [0.717, 1.165) is 33.7 Å². The van der Waals surface area contributed by atoms with Gasteiger partial charge in [0.1, 0.15) is 5.75 Å². The molecule has 0 unspecified atom stereocenters. The number of phenolic OH excluding ortho intramolecular Hbond substituents is 1. The van der Waals surface area contributed by atoms with E-state index in [2.05, 4.69) is 9.97 Å². The lowest BCUT2D eigenvalue weighted by Crippen LogP contribution is -2.00. The van der Waals surface area contributed by atoms with Gasteiger partial charge in [0.15, 0.2) is 11.4 Å². The first-order chi connectivity index (χ1) is 13.7. The number of fused-ring (bicyclic) bond motifs is 1. The average Bonchev–Trinajstić information content (AvgIpc) is 3.44. The van der Waals surface area contributed by atoms with Crippen molar-refractivity contribution in [3.05, 3.63) is 72.7 Å². The highest BCUT2D eigenvalue weighted by molar-refractivity contribution is 5.96. The molecule has 2 aromatic heterocycles. The Kier molecular flexibility index (Phi) is 3.93. The van der Waals surface area contributed by atoms with Crippen LogP contribution in [0.4, 0.5) is 0 Å². The maximum atomic E-state index is 12.3. The number of carbonyl (C=O) groups excluding carboxylic acids is 1. The summed E-state index contributed by atoms with van der Waals surface area (Å²) in [5.41, 5.74) is 5.17. The summed E-state index contributed by atoms with van der Waals surface area (Å²) in [6, 6.07) is 14.7. The van der Waals surface area contributed by atoms with Gasteiger partial charge in [0.05, 0.1) is 23.8 Å². The number of aromatic nitrogens is 3. The van der Waals surface area contributed by atoms with E-state index in [0.29, 0.717) is 12.3 Å². The number of rotatable bonds is 5. The SMILES string of the molecule is O=C(CC1CC1)c1ccc(-c2cn3c(-c4ccc(O)cc4)cnc3cn2)cc1. The molecule has 0 atom stereocenters. The van der Waals surface area contributed by atoms with Gasteiger partial charge in [-0.05, 0) is 43.0 Å². The van der Waals surface area contributed by atoms with Crippen LogP contribution in [-0.4, -0.2) is 25.3 Å². The van der Waals surface area contributed by atoms with Crippen molar-refractivity contribution in [3.8, 4) is 28.3 Å². The number of carbonyl (C=O) groups is 1. The predicted octanol–water partition coefficient (Wildman–Crippen LogP) is 4.75. The summed E-state index contributed by atoms with van der Waals surface area (Å²) in [6.07, 6.45) is 8.52. The van der Waals surface area contributed by atoms with Crippen LogP contribution < -0.4 is 0 Å². The van der Waals surface area contributed by atoms with Gasteiger partial charge in [0.25, 0.3) is 0 Å². The van der Waals surface area contributed by atoms with Gasteiger partial charge in [-0.1, -0.05) is 24.3 Å². The number of ketones is 1. The summed E-state index contributed by atoms with van der Waals surface area (Å²) in [4.78, 5) is 21.2. The van der Waals surface area contributed by atoms with E-state index < -0.39 is 0 Å². The lowest BCUT2D eigenvalue weighted by atomic mass is 10.0. The monoisotopic (exact) mass is 369 g/mol. The van der Waals surface area contributed by atoms with Gasteiger partial charge in [-0.3, -0.25) is 14.2 Å². The molecule has 1 fully saturated rings. The van der Waals surface area contributed by atoms with Gasteiger partial charge in [-0.25, -0.2) is 4.98 Å². The molecule has 2 aromatic carbocycles. The summed E-state index contributed by atoms with van der Waals surface area (Å²) < 4.78 is 1.99. The third kappa shape index (κ3) is 3.16. The molecule has 138 valence electrons. The van der Waals surface area contributed by atoms with E-state index in [1.54, 1.807) is 24.5 Å². The summed E-state index contributed by atoms with van der Waals surface area (Å²) in [5.74, 6) is 1.05. The molecule has 28 heavy (non-hydrogen) atoms. The van der Waals surface area contributed by atoms with Gasteiger partial charge < -0.3 is 5.11 Å². The van der Waals surface area contributed by atoms with Crippen LogP contribution in [0.5, 0.6) is 5.75 Å². The number of hydrogen-bond donors (Lipinski definition) is 1. The number of nitrogens with zero attached hydrogens (tertiary/aromatic N) is 3. The highest BCUT2D eigenvalue weighted by Crippen LogP contribution is 2.33. The lowest BCUT2D eigenvalue weighted by molar-refractivity contribution is 0.0976. The van der Waals surface area contributed by atoms with E-state index >= 15 is 0 Å². The van der Waals surface area contributed by atoms with Crippen molar-refractivity contribution in [1.29, 1.82) is 0 Å². The lowest BCUT2D eigenvalue weighted by Gasteiger charge is -2.06. The predicted molar refractivity (Wildman–Crippen MR) is 107 cm³/mol. The minimum atomic E-state index is 0.224. The number of phenols is 1. The van der Waals surface area contributed by atoms with E-state index in [1.165, 1.54) is 12.8 Å². The van der Waals surface area contributed by atoms with E-state index in [-0.39, 0.29) is 11.5 Å². The first-order valence-electron chi connectivity index (χ1n) is 9.43. The van der Waals surface area contributed by atoms with Crippen molar-refractivity contribution in [2.45, 2.75) is 19.3 Å². The van der Waals surface area contributed by atoms with E-state index in [4.69, 9.17) is 0 Å². The first-order valence-corrected chi connectivity index (χ1v) is 9.43. The smallest absolute Gasteiger partial charge is 0.163 e. The molecule has 0 radical (unpaired) electrons. The molecule has 5 nitrogen and oxygen atoms in total. The van der Waals surface area contributed by atoms with Crippen molar-refractivity contribution in [2.75, 3.05) is 0 Å². The summed E-state index contributed by atoms with van der Waals surface area (Å²) in [7, 11) is 0. The second-order valence-corrected chi connectivity index (χ2v) is 7.34. The summed E-state index contributed by atoms with van der Waals surface area (Å²) >= 11 is 0. The second kappa shape index (κ2) is 6.60. The molecule has 1 saturated carbocycles. The van der Waals surface area contributed by atoms with E-state index in [9.17, 15) is 9.90 Å². The molecule has 4 aromatic rings. The molecule has 0 amide bonds. The number of hydrogen-bond acceptors (Lipinski definition) is 4. The van der Waals surface area contributed by atoms with Crippen LogP contribution in [0.3, 0.4) is 0 Å². The van der Waals surface area contributed by atoms with Crippen LogP contribution in [0.15, 0.2) is 67.1 Å². The minimum Gasteiger partial charge on any atom is -0.508 e. The topological polar surface area (TPSA) is 67.5 Å². The molecule has 2 heterocycles. The average molecular weight is 369 g/mol. The molecule has 0 spiro atoms. The standard InChI is InChI=1S/C23H19N3O2/c27-19-9-7-17(8-10-19)21-12-25-23-13-24-20(14-26(21)23)16-3-5-18(6-4-16)22(28)11-15-1-2-15/h3-10,12-15,27H,1-2,11H2. The quantitative estimate of drug-likeness (QED) is 0.516. The second-order valence-electron chi connectivity index (χ2n) is 7.34. The Hall–Kier alpha value is -3.47. The largest absolute Gasteiger partial charge is 0.508 e. The Bertz CT molecular complexity index is 1160. The highest BCUT2D eigenvalue weighted by Gasteiger charge is 2.24. The normalized spacial score (nSPS) is 13.7. The fourth-order valence-corrected chi connectivity index (χ4v) is 3.41. The maximum absolute atomic E-state index is 12.3. The fourth-order valence-electron chi connectivity index (χ4n) is 3.41. The molecular weight excluding hydrogens is 350 g/mol. The van der Waals surface area contributed by atoms with Gasteiger partial charge in [-0.15, -0.1) is 0 Å². The molecular formula is C23H19N3O2. The Balaban J connectivity index is 1.48. The number of Topliss-reactive ketones (excluding diaryl/α,β-unsaturated/α-hetero) is 1. The Morgan fingerprint density at radius 1 is 0.964 bits per heavy atom. The highest BCUT2D eigenvalue weighted by atomic mass is 16.3. The molecule has 5 rings (SSSR count). The van der Waals surface area contributed by atoms with Crippen LogP contribution in [0.25, 0.3) is 28.2 Å². The van der Waals surface area contributed by atoms with Crippen molar-refractivity contribution >= 4 is 11.4 Å². The van der Waals surface area contributed by atoms with Gasteiger partial charge >= 0.3 is 0 Å². The molecule has 1 N–H and O–H groups in total.